The maximum atomic E-state index is 12.3. The van der Waals surface area contributed by atoms with E-state index < -0.39 is 11.9 Å². The molecule has 138 valence electrons. The summed E-state index contributed by atoms with van der Waals surface area (Å²) in [7, 11) is 1.53. The molecule has 0 bridgehead atoms. The lowest BCUT2D eigenvalue weighted by Crippen LogP contribution is -2.20. The Kier molecular flexibility index (Phi) is 5.93. The molecule has 1 aromatic heterocycles. The van der Waals surface area contributed by atoms with Crippen LogP contribution in [0.2, 0.25) is 0 Å². The summed E-state index contributed by atoms with van der Waals surface area (Å²) in [6.45, 7) is 1.88. The van der Waals surface area contributed by atoms with Gasteiger partial charge in [0, 0.05) is 4.88 Å². The van der Waals surface area contributed by atoms with Crippen LogP contribution < -0.4 is 10.1 Å². The highest BCUT2D eigenvalue weighted by Gasteiger charge is 2.23. The second-order valence-corrected chi connectivity index (χ2v) is 7.54. The van der Waals surface area contributed by atoms with E-state index in [2.05, 4.69) is 12.2 Å². The number of hydrogen-bond acceptors (Lipinski definition) is 5. The lowest BCUT2D eigenvalue weighted by Gasteiger charge is -2.19. The average molecular weight is 373 g/mol. The van der Waals surface area contributed by atoms with Gasteiger partial charge in [0.25, 0.3) is 5.91 Å². The number of carbonyl (C=O) groups excluding carboxylic acids is 2. The number of thiophene rings is 1. The molecule has 6 heteroatoms. The van der Waals surface area contributed by atoms with Gasteiger partial charge in [-0.2, -0.15) is 0 Å². The van der Waals surface area contributed by atoms with Gasteiger partial charge in [-0.1, -0.05) is 25.5 Å². The van der Waals surface area contributed by atoms with E-state index in [1.54, 1.807) is 18.2 Å². The zero-order valence-corrected chi connectivity index (χ0v) is 15.9. The van der Waals surface area contributed by atoms with Gasteiger partial charge in [-0.15, -0.1) is 11.3 Å². The molecule has 1 aliphatic rings. The summed E-state index contributed by atoms with van der Waals surface area (Å²) in [4.78, 5) is 26.2. The van der Waals surface area contributed by atoms with E-state index in [-0.39, 0.29) is 6.61 Å². The number of rotatable bonds is 6. The molecule has 0 saturated carbocycles. The van der Waals surface area contributed by atoms with E-state index in [0.717, 1.165) is 19.3 Å². The van der Waals surface area contributed by atoms with Gasteiger partial charge >= 0.3 is 5.97 Å². The van der Waals surface area contributed by atoms with Crippen molar-refractivity contribution in [1.82, 2.24) is 0 Å². The number of aryl methyl sites for hydroxylation is 1. The number of anilines is 1. The number of ether oxygens (including phenoxy) is 2. The summed E-state index contributed by atoms with van der Waals surface area (Å²) in [5, 5.41) is 2.69. The molecule has 1 atom stereocenters. The van der Waals surface area contributed by atoms with Gasteiger partial charge in [-0.05, 0) is 48.9 Å². The molecular formula is C20H23NO4S. The normalized spacial score (nSPS) is 15.8. The standard InChI is InChI=1S/C20H23NO4S/c1-3-13-8-9-17-14(10-13)11-18(26-17)20(23)25-12-19(22)21-15-6-4-5-7-16(15)24-2/h4-7,11,13H,3,8-10,12H2,1-2H3,(H,21,22). The summed E-state index contributed by atoms with van der Waals surface area (Å²) >= 11 is 1.49. The van der Waals surface area contributed by atoms with Crippen molar-refractivity contribution in [3.63, 3.8) is 0 Å². The van der Waals surface area contributed by atoms with Gasteiger partial charge < -0.3 is 14.8 Å². The third-order valence-corrected chi connectivity index (χ3v) is 5.90. The van der Waals surface area contributed by atoms with Crippen LogP contribution in [0, 0.1) is 5.92 Å². The molecule has 26 heavy (non-hydrogen) atoms. The van der Waals surface area contributed by atoms with Gasteiger partial charge in [0.1, 0.15) is 10.6 Å². The van der Waals surface area contributed by atoms with Crippen LogP contribution in [0.3, 0.4) is 0 Å². The van der Waals surface area contributed by atoms with E-state index in [4.69, 9.17) is 9.47 Å². The van der Waals surface area contributed by atoms with Crippen molar-refractivity contribution in [2.75, 3.05) is 19.0 Å². The molecule has 5 nitrogen and oxygen atoms in total. The molecule has 1 heterocycles. The van der Waals surface area contributed by atoms with E-state index in [1.165, 1.54) is 35.3 Å². The number of benzene rings is 1. The van der Waals surface area contributed by atoms with E-state index in [0.29, 0.717) is 22.2 Å². The predicted molar refractivity (Wildman–Crippen MR) is 102 cm³/mol. The molecule has 0 saturated heterocycles. The number of nitrogens with one attached hydrogen (secondary N) is 1. The molecule has 0 spiro atoms. The molecule has 0 aliphatic heterocycles. The van der Waals surface area contributed by atoms with Crippen LogP contribution in [0.1, 0.15) is 39.9 Å². The first-order valence-corrected chi connectivity index (χ1v) is 9.64. The Morgan fingerprint density at radius 3 is 2.88 bits per heavy atom. The van der Waals surface area contributed by atoms with Crippen molar-refractivity contribution in [2.45, 2.75) is 32.6 Å². The van der Waals surface area contributed by atoms with Crippen LogP contribution in [-0.2, 0) is 22.4 Å². The van der Waals surface area contributed by atoms with E-state index in [1.807, 2.05) is 12.1 Å². The van der Waals surface area contributed by atoms with Gasteiger partial charge in [0.05, 0.1) is 12.8 Å². The number of amides is 1. The maximum absolute atomic E-state index is 12.3. The van der Waals surface area contributed by atoms with Crippen molar-refractivity contribution in [2.24, 2.45) is 5.92 Å². The molecule has 3 rings (SSSR count). The average Bonchev–Trinajstić information content (AvgIpc) is 3.09. The Balaban J connectivity index is 1.56. The fourth-order valence-corrected chi connectivity index (χ4v) is 4.29. The maximum Gasteiger partial charge on any atom is 0.348 e. The summed E-state index contributed by atoms with van der Waals surface area (Å²) in [5.74, 6) is 0.430. The van der Waals surface area contributed by atoms with Crippen LogP contribution in [0.5, 0.6) is 5.75 Å². The number of fused-ring (bicyclic) bond motifs is 1. The SMILES string of the molecule is CCC1CCc2sc(C(=O)OCC(=O)Nc3ccccc3OC)cc2C1. The first-order chi connectivity index (χ1) is 12.6. The first-order valence-electron chi connectivity index (χ1n) is 8.82. The minimum atomic E-state index is -0.437. The Morgan fingerprint density at radius 1 is 1.31 bits per heavy atom. The fourth-order valence-electron chi connectivity index (χ4n) is 3.18. The quantitative estimate of drug-likeness (QED) is 0.776. The Bertz CT molecular complexity index is 799. The molecule has 1 N–H and O–H groups in total. The molecule has 1 amide bonds. The zero-order chi connectivity index (χ0) is 18.5. The van der Waals surface area contributed by atoms with Crippen molar-refractivity contribution in [3.8, 4) is 5.75 Å². The number of esters is 1. The van der Waals surface area contributed by atoms with Gasteiger partial charge in [0.2, 0.25) is 0 Å². The minimum Gasteiger partial charge on any atom is -0.495 e. The third kappa shape index (κ3) is 4.25. The number of para-hydroxylation sites is 2. The smallest absolute Gasteiger partial charge is 0.348 e. The largest absolute Gasteiger partial charge is 0.495 e. The van der Waals surface area contributed by atoms with Gasteiger partial charge in [-0.25, -0.2) is 4.79 Å². The molecule has 1 aliphatic carbocycles. The summed E-state index contributed by atoms with van der Waals surface area (Å²) in [5.41, 5.74) is 1.81. The number of carbonyl (C=O) groups is 2. The number of hydrogen-bond donors (Lipinski definition) is 1. The van der Waals surface area contributed by atoms with Crippen molar-refractivity contribution >= 4 is 28.9 Å². The predicted octanol–water partition coefficient (Wildman–Crippen LogP) is 4.07. The second kappa shape index (κ2) is 8.36. The minimum absolute atomic E-state index is 0.322. The lowest BCUT2D eigenvalue weighted by atomic mass is 9.87. The topological polar surface area (TPSA) is 64.6 Å². The van der Waals surface area contributed by atoms with Crippen LogP contribution in [0.25, 0.3) is 0 Å². The van der Waals surface area contributed by atoms with E-state index >= 15 is 0 Å². The molecule has 1 unspecified atom stereocenters. The second-order valence-electron chi connectivity index (χ2n) is 6.40. The molecule has 0 fully saturated rings. The van der Waals surface area contributed by atoms with Gasteiger partial charge in [0.15, 0.2) is 6.61 Å². The number of methoxy groups -OCH3 is 1. The molecule has 0 radical (unpaired) electrons. The first kappa shape index (κ1) is 18.5. The van der Waals surface area contributed by atoms with Crippen molar-refractivity contribution in [1.29, 1.82) is 0 Å². The monoisotopic (exact) mass is 373 g/mol. The highest BCUT2D eigenvalue weighted by molar-refractivity contribution is 7.14. The lowest BCUT2D eigenvalue weighted by molar-refractivity contribution is -0.119. The van der Waals surface area contributed by atoms with Crippen LogP contribution in [0.15, 0.2) is 30.3 Å². The van der Waals surface area contributed by atoms with Crippen LogP contribution >= 0.6 is 11.3 Å². The summed E-state index contributed by atoms with van der Waals surface area (Å²) in [6, 6.07) is 9.03. The van der Waals surface area contributed by atoms with Crippen LogP contribution in [0.4, 0.5) is 5.69 Å². The van der Waals surface area contributed by atoms with Crippen molar-refractivity contribution < 1.29 is 19.1 Å². The third-order valence-electron chi connectivity index (χ3n) is 4.68. The summed E-state index contributed by atoms with van der Waals surface area (Å²) in [6.07, 6.45) is 4.40. The highest BCUT2D eigenvalue weighted by Crippen LogP contribution is 2.33. The molecule has 2 aromatic rings. The van der Waals surface area contributed by atoms with Crippen molar-refractivity contribution in [3.05, 3.63) is 45.6 Å². The molecule has 1 aromatic carbocycles. The van der Waals surface area contributed by atoms with E-state index in [9.17, 15) is 9.59 Å². The van der Waals surface area contributed by atoms with Crippen LogP contribution in [-0.4, -0.2) is 25.6 Å². The Hall–Kier alpha value is -2.34. The molecular weight excluding hydrogens is 350 g/mol. The fraction of sp³-hybridized carbons (Fsp3) is 0.400. The Labute approximate surface area is 157 Å². The van der Waals surface area contributed by atoms with Gasteiger partial charge in [-0.3, -0.25) is 4.79 Å². The summed E-state index contributed by atoms with van der Waals surface area (Å²) < 4.78 is 10.4. The zero-order valence-electron chi connectivity index (χ0n) is 15.0. The Morgan fingerprint density at radius 2 is 2.12 bits per heavy atom. The highest BCUT2D eigenvalue weighted by atomic mass is 32.1.